The summed E-state index contributed by atoms with van der Waals surface area (Å²) in [5.74, 6) is -0.623. The van der Waals surface area contributed by atoms with E-state index < -0.39 is 11.6 Å². The molecule has 0 bridgehead atoms. The average molecular weight is 446 g/mol. The van der Waals surface area contributed by atoms with E-state index in [2.05, 4.69) is 0 Å². The molecule has 1 heterocycles. The van der Waals surface area contributed by atoms with Gasteiger partial charge in [-0.3, -0.25) is 4.79 Å². The molecule has 33 heavy (non-hydrogen) atoms. The molecule has 0 radical (unpaired) electrons. The SMILES string of the molecule is Cc1c(CCC(=O)O)c(=O)oc2c(C)c(OCc3ccc(-c4ccc(F)cc4)cc3)ccc12. The molecule has 3 aromatic carbocycles. The van der Waals surface area contributed by atoms with E-state index in [0.717, 1.165) is 27.6 Å². The Morgan fingerprint density at radius 3 is 2.21 bits per heavy atom. The molecule has 0 aliphatic carbocycles. The Morgan fingerprint density at radius 2 is 1.58 bits per heavy atom. The molecule has 0 unspecified atom stereocenters. The first kappa shape index (κ1) is 22.3. The van der Waals surface area contributed by atoms with Crippen LogP contribution in [-0.2, 0) is 17.8 Å². The fourth-order valence-electron chi connectivity index (χ4n) is 3.85. The quantitative estimate of drug-likeness (QED) is 0.363. The first-order valence-corrected chi connectivity index (χ1v) is 10.6. The molecule has 0 aliphatic rings. The van der Waals surface area contributed by atoms with Gasteiger partial charge in [0.1, 0.15) is 23.8 Å². The van der Waals surface area contributed by atoms with Crippen LogP contribution in [0.5, 0.6) is 5.75 Å². The van der Waals surface area contributed by atoms with E-state index in [0.29, 0.717) is 29.1 Å². The Hall–Kier alpha value is -3.93. The van der Waals surface area contributed by atoms with E-state index in [1.807, 2.05) is 43.3 Å². The number of aliphatic carboxylic acids is 1. The Kier molecular flexibility index (Phi) is 6.27. The van der Waals surface area contributed by atoms with Gasteiger partial charge in [-0.05, 0) is 66.8 Å². The third-order valence-corrected chi connectivity index (χ3v) is 5.77. The smallest absolute Gasteiger partial charge is 0.339 e. The van der Waals surface area contributed by atoms with Crippen LogP contribution in [0.4, 0.5) is 4.39 Å². The summed E-state index contributed by atoms with van der Waals surface area (Å²) in [6.45, 7) is 3.96. The zero-order valence-corrected chi connectivity index (χ0v) is 18.4. The summed E-state index contributed by atoms with van der Waals surface area (Å²) in [5.41, 5.74) is 4.63. The van der Waals surface area contributed by atoms with Crippen molar-refractivity contribution in [2.45, 2.75) is 33.3 Å². The van der Waals surface area contributed by atoms with E-state index in [9.17, 15) is 14.0 Å². The van der Waals surface area contributed by atoms with Crippen LogP contribution in [0.15, 0.2) is 69.9 Å². The molecule has 0 fully saturated rings. The van der Waals surface area contributed by atoms with E-state index >= 15 is 0 Å². The lowest BCUT2D eigenvalue weighted by Gasteiger charge is -2.13. The van der Waals surface area contributed by atoms with Gasteiger partial charge in [0.2, 0.25) is 0 Å². The van der Waals surface area contributed by atoms with Crippen molar-refractivity contribution in [3.05, 3.63) is 99.2 Å². The van der Waals surface area contributed by atoms with Crippen molar-refractivity contribution in [1.29, 1.82) is 0 Å². The number of carboxylic acid groups (broad SMARTS) is 1. The molecule has 1 N–H and O–H groups in total. The van der Waals surface area contributed by atoms with Crippen LogP contribution in [0.3, 0.4) is 0 Å². The van der Waals surface area contributed by atoms with Crippen LogP contribution in [0, 0.1) is 19.7 Å². The van der Waals surface area contributed by atoms with Crippen LogP contribution >= 0.6 is 0 Å². The van der Waals surface area contributed by atoms with E-state index in [1.54, 1.807) is 19.1 Å². The molecule has 4 aromatic rings. The van der Waals surface area contributed by atoms with Gasteiger partial charge in [0, 0.05) is 22.9 Å². The molecular formula is C27H23FO5. The maximum Gasteiger partial charge on any atom is 0.339 e. The maximum atomic E-state index is 13.1. The van der Waals surface area contributed by atoms with Gasteiger partial charge in [0.05, 0.1) is 0 Å². The van der Waals surface area contributed by atoms with Crippen molar-refractivity contribution < 1.29 is 23.4 Å². The lowest BCUT2D eigenvalue weighted by Crippen LogP contribution is -2.12. The van der Waals surface area contributed by atoms with Crippen molar-refractivity contribution in [3.63, 3.8) is 0 Å². The number of benzene rings is 3. The Balaban J connectivity index is 1.53. The number of halogens is 1. The van der Waals surface area contributed by atoms with Crippen LogP contribution < -0.4 is 10.4 Å². The highest BCUT2D eigenvalue weighted by Gasteiger charge is 2.16. The Labute approximate surface area is 190 Å². The van der Waals surface area contributed by atoms with Crippen molar-refractivity contribution in [2.24, 2.45) is 0 Å². The number of rotatable bonds is 7. The normalized spacial score (nSPS) is 11.0. The first-order chi connectivity index (χ1) is 15.8. The largest absolute Gasteiger partial charge is 0.488 e. The van der Waals surface area contributed by atoms with Gasteiger partial charge in [-0.25, -0.2) is 9.18 Å². The highest BCUT2D eigenvalue weighted by atomic mass is 19.1. The summed E-state index contributed by atoms with van der Waals surface area (Å²) >= 11 is 0. The standard InChI is InChI=1S/C27H23FO5/c1-16-22-11-13-24(17(2)26(22)33-27(31)23(16)12-14-25(29)30)32-15-18-3-5-19(6-4-18)20-7-9-21(28)10-8-20/h3-11,13H,12,14-15H2,1-2H3,(H,29,30). The molecule has 6 heteroatoms. The molecule has 1 aromatic heterocycles. The van der Waals surface area contributed by atoms with Crippen molar-refractivity contribution in [2.75, 3.05) is 0 Å². The summed E-state index contributed by atoms with van der Waals surface area (Å²) < 4.78 is 24.7. The van der Waals surface area contributed by atoms with Gasteiger partial charge in [-0.2, -0.15) is 0 Å². The zero-order valence-electron chi connectivity index (χ0n) is 18.4. The zero-order chi connectivity index (χ0) is 23.5. The van der Waals surface area contributed by atoms with Gasteiger partial charge < -0.3 is 14.3 Å². The van der Waals surface area contributed by atoms with Crippen LogP contribution in [-0.4, -0.2) is 11.1 Å². The molecule has 0 saturated carbocycles. The Morgan fingerprint density at radius 1 is 0.939 bits per heavy atom. The molecule has 4 rings (SSSR count). The second-order valence-corrected chi connectivity index (χ2v) is 7.94. The highest BCUT2D eigenvalue weighted by Crippen LogP contribution is 2.30. The summed E-state index contributed by atoms with van der Waals surface area (Å²) in [6.07, 6.45) is 0.00187. The predicted molar refractivity (Wildman–Crippen MR) is 124 cm³/mol. The summed E-state index contributed by atoms with van der Waals surface area (Å²) in [4.78, 5) is 23.3. The first-order valence-electron chi connectivity index (χ1n) is 10.6. The second kappa shape index (κ2) is 9.28. The van der Waals surface area contributed by atoms with Gasteiger partial charge in [0.15, 0.2) is 0 Å². The fourth-order valence-corrected chi connectivity index (χ4v) is 3.85. The van der Waals surface area contributed by atoms with Gasteiger partial charge in [-0.15, -0.1) is 0 Å². The third-order valence-electron chi connectivity index (χ3n) is 5.77. The van der Waals surface area contributed by atoms with Crippen molar-refractivity contribution in [1.82, 2.24) is 0 Å². The van der Waals surface area contributed by atoms with Crippen molar-refractivity contribution in [3.8, 4) is 16.9 Å². The minimum absolute atomic E-state index is 0.128. The van der Waals surface area contributed by atoms with Crippen molar-refractivity contribution >= 4 is 16.9 Å². The monoisotopic (exact) mass is 446 g/mol. The number of aryl methyl sites for hydroxylation is 2. The molecule has 0 aliphatic heterocycles. The molecule has 168 valence electrons. The summed E-state index contributed by atoms with van der Waals surface area (Å²) in [7, 11) is 0. The van der Waals surface area contributed by atoms with Gasteiger partial charge >= 0.3 is 11.6 Å². The summed E-state index contributed by atoms with van der Waals surface area (Å²) in [5, 5.41) is 9.69. The van der Waals surface area contributed by atoms with E-state index in [4.69, 9.17) is 14.3 Å². The average Bonchev–Trinajstić information content (AvgIpc) is 2.80. The maximum absolute atomic E-state index is 13.1. The fraction of sp³-hybridized carbons (Fsp3) is 0.185. The van der Waals surface area contributed by atoms with E-state index in [-0.39, 0.29) is 18.7 Å². The molecule has 0 amide bonds. The van der Waals surface area contributed by atoms with Crippen LogP contribution in [0.2, 0.25) is 0 Å². The van der Waals surface area contributed by atoms with E-state index in [1.165, 1.54) is 12.1 Å². The number of carboxylic acids is 1. The molecular weight excluding hydrogens is 423 g/mol. The number of carbonyl (C=O) groups is 1. The lowest BCUT2D eigenvalue weighted by molar-refractivity contribution is -0.136. The number of fused-ring (bicyclic) bond motifs is 1. The van der Waals surface area contributed by atoms with Gasteiger partial charge in [-0.1, -0.05) is 36.4 Å². The molecule has 0 saturated heterocycles. The molecule has 5 nitrogen and oxygen atoms in total. The number of hydrogen-bond donors (Lipinski definition) is 1. The minimum atomic E-state index is -0.959. The predicted octanol–water partition coefficient (Wildman–Crippen LogP) is 5.81. The Bertz CT molecular complexity index is 1370. The lowest BCUT2D eigenvalue weighted by atomic mass is 10.0. The topological polar surface area (TPSA) is 76.7 Å². The number of ether oxygens (including phenoxy) is 1. The second-order valence-electron chi connectivity index (χ2n) is 7.94. The molecule has 0 spiro atoms. The number of hydrogen-bond acceptors (Lipinski definition) is 4. The van der Waals surface area contributed by atoms with Crippen LogP contribution in [0.25, 0.3) is 22.1 Å². The summed E-state index contributed by atoms with van der Waals surface area (Å²) in [6, 6.07) is 17.8. The highest BCUT2D eigenvalue weighted by molar-refractivity contribution is 5.85. The van der Waals surface area contributed by atoms with Gasteiger partial charge in [0.25, 0.3) is 0 Å². The minimum Gasteiger partial charge on any atom is -0.488 e. The molecule has 0 atom stereocenters. The third kappa shape index (κ3) is 4.80. The van der Waals surface area contributed by atoms with Crippen LogP contribution in [0.1, 0.15) is 28.7 Å².